The highest BCUT2D eigenvalue weighted by Gasteiger charge is 2.26. The lowest BCUT2D eigenvalue weighted by Crippen LogP contribution is -2.41. The monoisotopic (exact) mass is 404 g/mol. The molecule has 26 heavy (non-hydrogen) atoms. The van der Waals surface area contributed by atoms with Crippen LogP contribution in [0.2, 0.25) is 5.02 Å². The maximum Gasteiger partial charge on any atom is 0.251 e. The molecule has 1 fully saturated rings. The molecular formula is C17H25ClN2O5S. The van der Waals surface area contributed by atoms with E-state index in [0.29, 0.717) is 55.4 Å². The van der Waals surface area contributed by atoms with Crippen LogP contribution in [0.5, 0.6) is 5.75 Å². The highest BCUT2D eigenvalue weighted by atomic mass is 35.5. The molecule has 1 N–H and O–H groups in total. The second kappa shape index (κ2) is 9.55. The molecule has 1 amide bonds. The van der Waals surface area contributed by atoms with Crippen molar-refractivity contribution >= 4 is 27.5 Å². The Morgan fingerprint density at radius 1 is 1.35 bits per heavy atom. The van der Waals surface area contributed by atoms with Gasteiger partial charge in [0.2, 0.25) is 10.0 Å². The molecular weight excluding hydrogens is 380 g/mol. The van der Waals surface area contributed by atoms with E-state index in [4.69, 9.17) is 21.1 Å². The Kier molecular flexibility index (Phi) is 7.69. The number of benzene rings is 1. The van der Waals surface area contributed by atoms with E-state index in [-0.39, 0.29) is 12.0 Å². The normalized spacial score (nSPS) is 16.4. The number of amides is 1. The number of sulfonamides is 1. The highest BCUT2D eigenvalue weighted by molar-refractivity contribution is 7.88. The molecule has 1 aliphatic heterocycles. The predicted molar refractivity (Wildman–Crippen MR) is 100 cm³/mol. The summed E-state index contributed by atoms with van der Waals surface area (Å²) in [6.07, 6.45) is 3.06. The van der Waals surface area contributed by atoms with Crippen molar-refractivity contribution in [3.8, 4) is 5.75 Å². The fourth-order valence-corrected chi connectivity index (χ4v) is 3.82. The molecule has 0 unspecified atom stereocenters. The third kappa shape index (κ3) is 6.12. The zero-order chi connectivity index (χ0) is 19.2. The molecule has 0 aliphatic carbocycles. The molecule has 0 spiro atoms. The van der Waals surface area contributed by atoms with Gasteiger partial charge in [0.1, 0.15) is 11.9 Å². The molecule has 0 aromatic heterocycles. The van der Waals surface area contributed by atoms with E-state index in [9.17, 15) is 13.2 Å². The summed E-state index contributed by atoms with van der Waals surface area (Å²) in [6.45, 7) is 1.99. The van der Waals surface area contributed by atoms with Crippen molar-refractivity contribution in [1.82, 2.24) is 9.62 Å². The van der Waals surface area contributed by atoms with Crippen LogP contribution in [0.4, 0.5) is 0 Å². The zero-order valence-electron chi connectivity index (χ0n) is 15.0. The molecule has 0 atom stereocenters. The van der Waals surface area contributed by atoms with Gasteiger partial charge in [0.25, 0.3) is 5.91 Å². The Hall–Kier alpha value is -1.35. The topological polar surface area (TPSA) is 84.9 Å². The van der Waals surface area contributed by atoms with E-state index >= 15 is 0 Å². The summed E-state index contributed by atoms with van der Waals surface area (Å²) in [4.78, 5) is 12.1. The number of methoxy groups -OCH3 is 1. The Balaban J connectivity index is 1.89. The molecule has 0 bridgehead atoms. The van der Waals surface area contributed by atoms with Gasteiger partial charge in [-0.25, -0.2) is 12.7 Å². The van der Waals surface area contributed by atoms with Crippen LogP contribution in [0, 0.1) is 0 Å². The number of nitrogens with one attached hydrogen (secondary N) is 1. The van der Waals surface area contributed by atoms with E-state index in [1.807, 2.05) is 0 Å². The molecule has 0 radical (unpaired) electrons. The maximum atomic E-state index is 12.1. The number of halogens is 1. The van der Waals surface area contributed by atoms with Crippen molar-refractivity contribution in [1.29, 1.82) is 0 Å². The number of piperidine rings is 1. The molecule has 1 aliphatic rings. The van der Waals surface area contributed by atoms with Crippen LogP contribution in [0.15, 0.2) is 18.2 Å². The van der Waals surface area contributed by atoms with E-state index in [0.717, 1.165) is 6.42 Å². The molecule has 0 saturated carbocycles. The van der Waals surface area contributed by atoms with Crippen molar-refractivity contribution < 1.29 is 22.7 Å². The fourth-order valence-electron chi connectivity index (χ4n) is 2.72. The summed E-state index contributed by atoms with van der Waals surface area (Å²) in [6, 6.07) is 4.92. The molecule has 1 heterocycles. The number of carbonyl (C=O) groups is 1. The van der Waals surface area contributed by atoms with Crippen molar-refractivity contribution in [3.63, 3.8) is 0 Å². The molecule has 9 heteroatoms. The minimum absolute atomic E-state index is 0.0979. The molecule has 1 saturated heterocycles. The molecule has 2 rings (SSSR count). The third-order valence-corrected chi connectivity index (χ3v) is 5.77. The van der Waals surface area contributed by atoms with Gasteiger partial charge in [-0.2, -0.15) is 0 Å². The van der Waals surface area contributed by atoms with Crippen molar-refractivity contribution in [2.75, 3.05) is 39.6 Å². The standard InChI is InChI=1S/C17H25ClN2O5S/c1-24-11-3-8-19-17(21)13-4-5-16(15(18)12-13)25-14-6-9-20(10-7-14)26(2,22)23/h4-5,12,14H,3,6-11H2,1-2H3,(H,19,21). The van der Waals surface area contributed by atoms with Gasteiger partial charge >= 0.3 is 0 Å². The van der Waals surface area contributed by atoms with Crippen LogP contribution in [0.1, 0.15) is 29.6 Å². The van der Waals surface area contributed by atoms with Crippen molar-refractivity contribution in [2.45, 2.75) is 25.4 Å². The average Bonchev–Trinajstić information content (AvgIpc) is 2.60. The van der Waals surface area contributed by atoms with Gasteiger partial charge in [-0.15, -0.1) is 0 Å². The van der Waals surface area contributed by atoms with E-state index in [1.54, 1.807) is 25.3 Å². The number of hydrogen-bond acceptors (Lipinski definition) is 5. The smallest absolute Gasteiger partial charge is 0.251 e. The van der Waals surface area contributed by atoms with Gasteiger partial charge in [0.15, 0.2) is 0 Å². The Morgan fingerprint density at radius 2 is 2.04 bits per heavy atom. The number of nitrogens with zero attached hydrogens (tertiary/aromatic N) is 1. The van der Waals surface area contributed by atoms with Crippen LogP contribution in [0.25, 0.3) is 0 Å². The van der Waals surface area contributed by atoms with Gasteiger partial charge in [0.05, 0.1) is 11.3 Å². The Labute approximate surface area is 159 Å². The second-order valence-electron chi connectivity index (χ2n) is 6.23. The summed E-state index contributed by atoms with van der Waals surface area (Å²) in [5.41, 5.74) is 0.465. The maximum absolute atomic E-state index is 12.1. The summed E-state index contributed by atoms with van der Waals surface area (Å²) in [5.74, 6) is 0.302. The molecule has 1 aromatic rings. The zero-order valence-corrected chi connectivity index (χ0v) is 16.6. The minimum Gasteiger partial charge on any atom is -0.489 e. The Morgan fingerprint density at radius 3 is 2.62 bits per heavy atom. The summed E-state index contributed by atoms with van der Waals surface area (Å²) < 4.78 is 35.4. The number of carbonyl (C=O) groups excluding carboxylic acids is 1. The fraction of sp³-hybridized carbons (Fsp3) is 0.588. The lowest BCUT2D eigenvalue weighted by molar-refractivity contribution is 0.0948. The summed E-state index contributed by atoms with van der Waals surface area (Å²) >= 11 is 6.25. The first kappa shape index (κ1) is 21.0. The van der Waals surface area contributed by atoms with Gasteiger partial charge < -0.3 is 14.8 Å². The molecule has 7 nitrogen and oxygen atoms in total. The number of rotatable bonds is 8. The molecule has 146 valence electrons. The largest absolute Gasteiger partial charge is 0.489 e. The lowest BCUT2D eigenvalue weighted by Gasteiger charge is -2.30. The van der Waals surface area contributed by atoms with Gasteiger partial charge in [-0.05, 0) is 37.5 Å². The second-order valence-corrected chi connectivity index (χ2v) is 8.62. The SMILES string of the molecule is COCCCNC(=O)c1ccc(OC2CCN(S(C)(=O)=O)CC2)c(Cl)c1. The van der Waals surface area contributed by atoms with E-state index in [2.05, 4.69) is 5.32 Å². The average molecular weight is 405 g/mol. The number of ether oxygens (including phenoxy) is 2. The third-order valence-electron chi connectivity index (χ3n) is 4.17. The van der Waals surface area contributed by atoms with Crippen molar-refractivity contribution in [3.05, 3.63) is 28.8 Å². The first-order valence-corrected chi connectivity index (χ1v) is 10.7. The van der Waals surface area contributed by atoms with Gasteiger partial charge in [-0.3, -0.25) is 4.79 Å². The van der Waals surface area contributed by atoms with Crippen LogP contribution < -0.4 is 10.1 Å². The highest BCUT2D eigenvalue weighted by Crippen LogP contribution is 2.28. The minimum atomic E-state index is -3.16. The van der Waals surface area contributed by atoms with Crippen LogP contribution >= 0.6 is 11.6 Å². The van der Waals surface area contributed by atoms with Crippen LogP contribution in [-0.2, 0) is 14.8 Å². The first-order valence-electron chi connectivity index (χ1n) is 8.49. The van der Waals surface area contributed by atoms with Crippen LogP contribution in [0.3, 0.4) is 0 Å². The summed E-state index contributed by atoms with van der Waals surface area (Å²) in [7, 11) is -1.54. The summed E-state index contributed by atoms with van der Waals surface area (Å²) in [5, 5.41) is 3.16. The first-order chi connectivity index (χ1) is 12.3. The van der Waals surface area contributed by atoms with E-state index < -0.39 is 10.0 Å². The van der Waals surface area contributed by atoms with Crippen molar-refractivity contribution in [2.24, 2.45) is 0 Å². The Bertz CT molecular complexity index is 718. The van der Waals surface area contributed by atoms with Gasteiger partial charge in [0, 0.05) is 38.9 Å². The van der Waals surface area contributed by atoms with E-state index in [1.165, 1.54) is 10.6 Å². The van der Waals surface area contributed by atoms with Crippen LogP contribution in [-0.4, -0.2) is 64.3 Å². The van der Waals surface area contributed by atoms with Gasteiger partial charge in [-0.1, -0.05) is 11.6 Å². The molecule has 1 aromatic carbocycles. The predicted octanol–water partition coefficient (Wildman–Crippen LogP) is 1.91. The quantitative estimate of drug-likeness (QED) is 0.669. The number of hydrogen-bond donors (Lipinski definition) is 1. The lowest BCUT2D eigenvalue weighted by atomic mass is 10.1.